The third kappa shape index (κ3) is 3.23. The van der Waals surface area contributed by atoms with E-state index in [1.165, 1.54) is 16.7 Å². The number of rotatable bonds is 2. The Balaban J connectivity index is 1.99. The molecule has 17 heavy (non-hydrogen) atoms. The summed E-state index contributed by atoms with van der Waals surface area (Å²) in [5.41, 5.74) is 4.19. The molecule has 1 aromatic rings. The molecule has 2 rings (SSSR count). The van der Waals surface area contributed by atoms with Crippen LogP contribution < -0.4 is 0 Å². The summed E-state index contributed by atoms with van der Waals surface area (Å²) < 4.78 is 0. The quantitative estimate of drug-likeness (QED) is 0.724. The predicted octanol–water partition coefficient (Wildman–Crippen LogP) is 3.75. The molecule has 1 aliphatic heterocycles. The molecule has 0 spiro atoms. The molecule has 2 atom stereocenters. The van der Waals surface area contributed by atoms with E-state index in [4.69, 9.17) is 11.6 Å². The number of alkyl halides is 1. The third-order valence-corrected chi connectivity index (χ3v) is 4.51. The van der Waals surface area contributed by atoms with E-state index in [0.29, 0.717) is 11.3 Å². The minimum Gasteiger partial charge on any atom is -0.299 e. The van der Waals surface area contributed by atoms with Crippen LogP contribution in [0, 0.1) is 19.8 Å². The predicted molar refractivity (Wildman–Crippen MR) is 74.6 cm³/mol. The molecule has 0 aliphatic carbocycles. The molecule has 2 heteroatoms. The summed E-state index contributed by atoms with van der Waals surface area (Å²) in [4.78, 5) is 2.52. The lowest BCUT2D eigenvalue weighted by Crippen LogP contribution is -2.39. The van der Waals surface area contributed by atoms with Gasteiger partial charge in [-0.15, -0.1) is 11.6 Å². The summed E-state index contributed by atoms with van der Waals surface area (Å²) in [5, 5.41) is 0.367. The first kappa shape index (κ1) is 12.9. The smallest absolute Gasteiger partial charge is 0.0386 e. The maximum absolute atomic E-state index is 6.25. The van der Waals surface area contributed by atoms with Crippen LogP contribution in [0.4, 0.5) is 0 Å². The van der Waals surface area contributed by atoms with E-state index in [1.807, 2.05) is 0 Å². The van der Waals surface area contributed by atoms with Gasteiger partial charge in [0.25, 0.3) is 0 Å². The second-order valence-electron chi connectivity index (χ2n) is 5.44. The van der Waals surface area contributed by atoms with Gasteiger partial charge in [0.05, 0.1) is 0 Å². The summed E-state index contributed by atoms with van der Waals surface area (Å²) in [7, 11) is 0. The van der Waals surface area contributed by atoms with Crippen molar-refractivity contribution >= 4 is 11.6 Å². The minimum absolute atomic E-state index is 0.367. The summed E-state index contributed by atoms with van der Waals surface area (Å²) in [6.07, 6.45) is 1.12. The highest BCUT2D eigenvalue weighted by Crippen LogP contribution is 2.23. The summed E-state index contributed by atoms with van der Waals surface area (Å²) in [6, 6.07) is 6.79. The Hall–Kier alpha value is -0.530. The Labute approximate surface area is 110 Å². The zero-order valence-electron chi connectivity index (χ0n) is 11.0. The van der Waals surface area contributed by atoms with Gasteiger partial charge in [0.15, 0.2) is 0 Å². The van der Waals surface area contributed by atoms with Crippen molar-refractivity contribution in [3.63, 3.8) is 0 Å². The van der Waals surface area contributed by atoms with Crippen LogP contribution >= 0.6 is 11.6 Å². The number of nitrogens with zero attached hydrogens (tertiary/aromatic N) is 1. The average molecular weight is 252 g/mol. The molecule has 94 valence electrons. The number of benzene rings is 1. The number of halogens is 1. The summed E-state index contributed by atoms with van der Waals surface area (Å²) in [5.74, 6) is 0.608. The van der Waals surface area contributed by atoms with Gasteiger partial charge < -0.3 is 0 Å². The van der Waals surface area contributed by atoms with Crippen LogP contribution in [0.1, 0.15) is 30.0 Å². The van der Waals surface area contributed by atoms with E-state index >= 15 is 0 Å². The van der Waals surface area contributed by atoms with Crippen molar-refractivity contribution in [2.24, 2.45) is 5.92 Å². The first-order valence-corrected chi connectivity index (χ1v) is 6.92. The molecule has 1 heterocycles. The molecule has 1 fully saturated rings. The van der Waals surface area contributed by atoms with Crippen LogP contribution in [0.2, 0.25) is 0 Å². The maximum Gasteiger partial charge on any atom is 0.0386 e. The first-order valence-electron chi connectivity index (χ1n) is 6.49. The van der Waals surface area contributed by atoms with Crippen molar-refractivity contribution in [2.75, 3.05) is 13.1 Å². The average Bonchev–Trinajstić information content (AvgIpc) is 2.29. The lowest BCUT2D eigenvalue weighted by molar-refractivity contribution is 0.180. The van der Waals surface area contributed by atoms with E-state index in [0.717, 1.165) is 26.1 Å². The molecule has 1 saturated heterocycles. The number of piperidine rings is 1. The highest BCUT2D eigenvalue weighted by molar-refractivity contribution is 6.20. The fourth-order valence-corrected chi connectivity index (χ4v) is 2.68. The largest absolute Gasteiger partial charge is 0.299 e. The maximum atomic E-state index is 6.25. The van der Waals surface area contributed by atoms with Gasteiger partial charge in [-0.25, -0.2) is 0 Å². The van der Waals surface area contributed by atoms with Gasteiger partial charge in [0, 0.05) is 18.5 Å². The monoisotopic (exact) mass is 251 g/mol. The molecular formula is C15H22ClN. The molecule has 0 amide bonds. The molecule has 2 unspecified atom stereocenters. The zero-order valence-corrected chi connectivity index (χ0v) is 11.8. The Morgan fingerprint density at radius 1 is 1.29 bits per heavy atom. The van der Waals surface area contributed by atoms with Crippen molar-refractivity contribution in [1.82, 2.24) is 4.90 Å². The lowest BCUT2D eigenvalue weighted by Gasteiger charge is -2.34. The van der Waals surface area contributed by atoms with Gasteiger partial charge in [-0.3, -0.25) is 4.90 Å². The Bertz CT molecular complexity index is 389. The molecule has 0 N–H and O–H groups in total. The van der Waals surface area contributed by atoms with Gasteiger partial charge in [-0.2, -0.15) is 0 Å². The SMILES string of the molecule is Cc1ccc(CN2CCC(Cl)C(C)C2)cc1C. The second-order valence-corrected chi connectivity index (χ2v) is 6.00. The van der Waals surface area contributed by atoms with Gasteiger partial charge in [0.1, 0.15) is 0 Å². The summed E-state index contributed by atoms with van der Waals surface area (Å²) in [6.45, 7) is 9.93. The Morgan fingerprint density at radius 2 is 2.06 bits per heavy atom. The molecule has 1 aromatic carbocycles. The van der Waals surface area contributed by atoms with Crippen LogP contribution in [-0.2, 0) is 6.54 Å². The van der Waals surface area contributed by atoms with E-state index in [-0.39, 0.29) is 0 Å². The van der Waals surface area contributed by atoms with Gasteiger partial charge in [-0.1, -0.05) is 25.1 Å². The van der Waals surface area contributed by atoms with Crippen LogP contribution in [-0.4, -0.2) is 23.4 Å². The second kappa shape index (κ2) is 5.41. The van der Waals surface area contributed by atoms with Gasteiger partial charge in [0.2, 0.25) is 0 Å². The van der Waals surface area contributed by atoms with Crippen molar-refractivity contribution < 1.29 is 0 Å². The highest BCUT2D eigenvalue weighted by atomic mass is 35.5. The van der Waals surface area contributed by atoms with E-state index in [2.05, 4.69) is 43.9 Å². The van der Waals surface area contributed by atoms with E-state index < -0.39 is 0 Å². The highest BCUT2D eigenvalue weighted by Gasteiger charge is 2.23. The first-order chi connectivity index (χ1) is 8.06. The van der Waals surface area contributed by atoms with Crippen molar-refractivity contribution in [3.05, 3.63) is 34.9 Å². The molecule has 0 bridgehead atoms. The molecular weight excluding hydrogens is 230 g/mol. The number of aryl methyl sites for hydroxylation is 2. The number of likely N-dealkylation sites (tertiary alicyclic amines) is 1. The minimum atomic E-state index is 0.367. The molecule has 0 radical (unpaired) electrons. The molecule has 0 saturated carbocycles. The lowest BCUT2D eigenvalue weighted by atomic mass is 9.98. The molecule has 1 aliphatic rings. The van der Waals surface area contributed by atoms with Gasteiger partial charge in [-0.05, 0) is 49.4 Å². The van der Waals surface area contributed by atoms with Crippen molar-refractivity contribution in [1.29, 1.82) is 0 Å². The standard InChI is InChI=1S/C15H22ClN/c1-11-4-5-14(8-12(11)2)10-17-7-6-15(16)13(3)9-17/h4-5,8,13,15H,6-7,9-10H2,1-3H3. The van der Waals surface area contributed by atoms with Crippen molar-refractivity contribution in [2.45, 2.75) is 39.1 Å². The number of hydrogen-bond acceptors (Lipinski definition) is 1. The fourth-order valence-electron chi connectivity index (χ4n) is 2.51. The van der Waals surface area contributed by atoms with Crippen molar-refractivity contribution in [3.8, 4) is 0 Å². The molecule has 1 nitrogen and oxygen atoms in total. The normalized spacial score (nSPS) is 26.1. The third-order valence-electron chi connectivity index (χ3n) is 3.86. The molecule has 0 aromatic heterocycles. The van der Waals surface area contributed by atoms with Crippen LogP contribution in [0.15, 0.2) is 18.2 Å². The van der Waals surface area contributed by atoms with E-state index in [1.54, 1.807) is 0 Å². The van der Waals surface area contributed by atoms with Crippen LogP contribution in [0.25, 0.3) is 0 Å². The summed E-state index contributed by atoms with van der Waals surface area (Å²) >= 11 is 6.25. The Kier molecular flexibility index (Phi) is 4.11. The van der Waals surface area contributed by atoms with Crippen LogP contribution in [0.5, 0.6) is 0 Å². The van der Waals surface area contributed by atoms with E-state index in [9.17, 15) is 0 Å². The fraction of sp³-hybridized carbons (Fsp3) is 0.600. The Morgan fingerprint density at radius 3 is 2.71 bits per heavy atom. The topological polar surface area (TPSA) is 3.24 Å². The van der Waals surface area contributed by atoms with Gasteiger partial charge >= 0.3 is 0 Å². The zero-order chi connectivity index (χ0) is 12.4. The number of hydrogen-bond donors (Lipinski definition) is 0. The van der Waals surface area contributed by atoms with Crippen LogP contribution in [0.3, 0.4) is 0 Å².